The van der Waals surface area contributed by atoms with E-state index in [4.69, 9.17) is 23.2 Å². The summed E-state index contributed by atoms with van der Waals surface area (Å²) in [5, 5.41) is 3.40. The van der Waals surface area contributed by atoms with Crippen molar-refractivity contribution in [3.8, 4) is 0 Å². The van der Waals surface area contributed by atoms with Crippen LogP contribution in [0.5, 0.6) is 0 Å². The summed E-state index contributed by atoms with van der Waals surface area (Å²) in [7, 11) is -1.55. The molecule has 6 nitrogen and oxygen atoms in total. The molecule has 0 aromatic heterocycles. The Morgan fingerprint density at radius 1 is 1.31 bits per heavy atom. The van der Waals surface area contributed by atoms with Gasteiger partial charge < -0.3 is 10.2 Å². The van der Waals surface area contributed by atoms with Crippen molar-refractivity contribution in [3.63, 3.8) is 0 Å². The zero-order chi connectivity index (χ0) is 19.3. The number of piperidine rings is 1. The van der Waals surface area contributed by atoms with Gasteiger partial charge in [0, 0.05) is 11.6 Å². The average Bonchev–Trinajstić information content (AvgIpc) is 2.54. The molecule has 1 aromatic rings. The first-order valence-corrected chi connectivity index (χ1v) is 11.1. The Labute approximate surface area is 165 Å². The fourth-order valence-corrected chi connectivity index (χ4v) is 4.45. The molecule has 0 aliphatic carbocycles. The van der Waals surface area contributed by atoms with E-state index in [0.29, 0.717) is 17.5 Å². The van der Waals surface area contributed by atoms with Crippen molar-refractivity contribution in [2.45, 2.75) is 19.3 Å². The molecule has 1 aromatic carbocycles. The van der Waals surface area contributed by atoms with Crippen molar-refractivity contribution in [2.24, 2.45) is 5.92 Å². The summed E-state index contributed by atoms with van der Waals surface area (Å²) in [4.78, 5) is 14.6. The lowest BCUT2D eigenvalue weighted by molar-refractivity contribution is -0.119. The molecule has 0 atom stereocenters. The second kappa shape index (κ2) is 9.26. The van der Waals surface area contributed by atoms with Crippen molar-refractivity contribution in [1.29, 1.82) is 0 Å². The van der Waals surface area contributed by atoms with E-state index in [1.54, 1.807) is 6.07 Å². The molecule has 1 aliphatic heterocycles. The predicted molar refractivity (Wildman–Crippen MR) is 106 cm³/mol. The minimum atomic E-state index is -3.66. The van der Waals surface area contributed by atoms with Gasteiger partial charge in [0.1, 0.15) is 6.54 Å². The molecule has 1 aliphatic rings. The minimum Gasteiger partial charge on any atom is -0.355 e. The summed E-state index contributed by atoms with van der Waals surface area (Å²) in [6.07, 6.45) is 4.20. The van der Waals surface area contributed by atoms with Crippen LogP contribution in [-0.4, -0.2) is 58.7 Å². The van der Waals surface area contributed by atoms with E-state index in [2.05, 4.69) is 17.3 Å². The second-order valence-corrected chi connectivity index (χ2v) is 9.50. The van der Waals surface area contributed by atoms with Crippen LogP contribution in [0.2, 0.25) is 10.0 Å². The molecule has 0 saturated carbocycles. The molecule has 0 bridgehead atoms. The number of hydrogen-bond acceptors (Lipinski definition) is 4. The Morgan fingerprint density at radius 3 is 2.54 bits per heavy atom. The topological polar surface area (TPSA) is 69.7 Å². The lowest BCUT2D eigenvalue weighted by Crippen LogP contribution is -2.41. The third kappa shape index (κ3) is 6.30. The van der Waals surface area contributed by atoms with Gasteiger partial charge >= 0.3 is 0 Å². The normalized spacial score (nSPS) is 16.5. The first-order valence-electron chi connectivity index (χ1n) is 8.55. The SMILES string of the molecule is CN1CCC(CCNC(=O)CN(c2ccc(Cl)cc2Cl)S(C)(=O)=O)CC1. The van der Waals surface area contributed by atoms with Crippen LogP contribution in [0, 0.1) is 5.92 Å². The van der Waals surface area contributed by atoms with Crippen LogP contribution in [0.4, 0.5) is 5.69 Å². The predicted octanol–water partition coefficient (Wildman–Crippen LogP) is 2.61. The van der Waals surface area contributed by atoms with Gasteiger partial charge in [0.15, 0.2) is 0 Å². The Balaban J connectivity index is 1.93. The molecule has 1 fully saturated rings. The van der Waals surface area contributed by atoms with Crippen LogP contribution in [0.15, 0.2) is 18.2 Å². The zero-order valence-electron chi connectivity index (χ0n) is 15.0. The smallest absolute Gasteiger partial charge is 0.240 e. The highest BCUT2D eigenvalue weighted by atomic mass is 35.5. The number of halogens is 2. The molecule has 0 unspecified atom stereocenters. The molecule has 0 spiro atoms. The van der Waals surface area contributed by atoms with Gasteiger partial charge in [-0.3, -0.25) is 9.10 Å². The second-order valence-electron chi connectivity index (χ2n) is 6.75. The third-order valence-electron chi connectivity index (χ3n) is 4.58. The molecule has 1 amide bonds. The fourth-order valence-electron chi connectivity index (χ4n) is 3.02. The van der Waals surface area contributed by atoms with E-state index in [-0.39, 0.29) is 23.2 Å². The van der Waals surface area contributed by atoms with E-state index in [1.807, 2.05) is 0 Å². The number of carbonyl (C=O) groups excluding carboxylic acids is 1. The van der Waals surface area contributed by atoms with E-state index in [0.717, 1.165) is 42.9 Å². The Hall–Kier alpha value is -1.02. The zero-order valence-corrected chi connectivity index (χ0v) is 17.4. The van der Waals surface area contributed by atoms with Gasteiger partial charge in [0.25, 0.3) is 0 Å². The molecular formula is C17H25Cl2N3O3S. The maximum atomic E-state index is 12.3. The maximum absolute atomic E-state index is 12.3. The molecule has 26 heavy (non-hydrogen) atoms. The number of hydrogen-bond donors (Lipinski definition) is 1. The number of nitrogens with one attached hydrogen (secondary N) is 1. The molecule has 1 saturated heterocycles. The van der Waals surface area contributed by atoms with Crippen molar-refractivity contribution in [1.82, 2.24) is 10.2 Å². The van der Waals surface area contributed by atoms with Gasteiger partial charge in [-0.2, -0.15) is 0 Å². The van der Waals surface area contributed by atoms with Crippen molar-refractivity contribution in [2.75, 3.05) is 43.8 Å². The van der Waals surface area contributed by atoms with Gasteiger partial charge in [0.2, 0.25) is 15.9 Å². The molecule has 2 rings (SSSR count). The summed E-state index contributed by atoms with van der Waals surface area (Å²) in [6.45, 7) is 2.39. The number of rotatable bonds is 7. The van der Waals surface area contributed by atoms with Crippen LogP contribution in [0.1, 0.15) is 19.3 Å². The van der Waals surface area contributed by atoms with Crippen molar-refractivity contribution < 1.29 is 13.2 Å². The van der Waals surface area contributed by atoms with Gasteiger partial charge in [-0.1, -0.05) is 23.2 Å². The standard InChI is InChI=1S/C17H25Cl2N3O3S/c1-21-9-6-13(7-10-21)5-8-20-17(23)12-22(26(2,24)25)16-4-3-14(18)11-15(16)19/h3-4,11,13H,5-10,12H2,1-2H3,(H,20,23). The first kappa shape index (κ1) is 21.3. The van der Waals surface area contributed by atoms with E-state index in [1.165, 1.54) is 12.1 Å². The number of anilines is 1. The Morgan fingerprint density at radius 2 is 1.96 bits per heavy atom. The number of benzene rings is 1. The van der Waals surface area contributed by atoms with Gasteiger partial charge in [-0.25, -0.2) is 8.42 Å². The molecule has 146 valence electrons. The van der Waals surface area contributed by atoms with Crippen molar-refractivity contribution in [3.05, 3.63) is 28.2 Å². The number of amides is 1. The number of nitrogens with zero attached hydrogens (tertiary/aromatic N) is 2. The summed E-state index contributed by atoms with van der Waals surface area (Å²) in [6, 6.07) is 4.49. The van der Waals surface area contributed by atoms with E-state index < -0.39 is 10.0 Å². The summed E-state index contributed by atoms with van der Waals surface area (Å²) in [5.41, 5.74) is 0.240. The van der Waals surface area contributed by atoms with E-state index >= 15 is 0 Å². The quantitative estimate of drug-likeness (QED) is 0.734. The molecule has 1 N–H and O–H groups in total. The maximum Gasteiger partial charge on any atom is 0.240 e. The lowest BCUT2D eigenvalue weighted by Gasteiger charge is -2.29. The van der Waals surface area contributed by atoms with Gasteiger partial charge in [-0.15, -0.1) is 0 Å². The van der Waals surface area contributed by atoms with Crippen LogP contribution in [0.25, 0.3) is 0 Å². The number of carbonyl (C=O) groups is 1. The van der Waals surface area contributed by atoms with Crippen molar-refractivity contribution >= 4 is 44.8 Å². The fraction of sp³-hybridized carbons (Fsp3) is 0.588. The highest BCUT2D eigenvalue weighted by Crippen LogP contribution is 2.30. The van der Waals surface area contributed by atoms with Gasteiger partial charge in [-0.05, 0) is 63.5 Å². The van der Waals surface area contributed by atoms with Crippen LogP contribution >= 0.6 is 23.2 Å². The lowest BCUT2D eigenvalue weighted by atomic mass is 9.94. The van der Waals surface area contributed by atoms with E-state index in [9.17, 15) is 13.2 Å². The van der Waals surface area contributed by atoms with Gasteiger partial charge in [0.05, 0.1) is 17.0 Å². The molecule has 0 radical (unpaired) electrons. The van der Waals surface area contributed by atoms with Crippen LogP contribution in [0.3, 0.4) is 0 Å². The van der Waals surface area contributed by atoms with Crippen LogP contribution in [-0.2, 0) is 14.8 Å². The highest BCUT2D eigenvalue weighted by Gasteiger charge is 2.23. The summed E-state index contributed by atoms with van der Waals surface area (Å²) < 4.78 is 25.2. The highest BCUT2D eigenvalue weighted by molar-refractivity contribution is 7.92. The first-order chi connectivity index (χ1) is 12.2. The number of sulfonamides is 1. The monoisotopic (exact) mass is 421 g/mol. The summed E-state index contributed by atoms with van der Waals surface area (Å²) in [5.74, 6) is 0.248. The minimum absolute atomic E-state index is 0.182. The third-order valence-corrected chi connectivity index (χ3v) is 6.24. The molecular weight excluding hydrogens is 397 g/mol. The van der Waals surface area contributed by atoms with Crippen LogP contribution < -0.4 is 9.62 Å². The summed E-state index contributed by atoms with van der Waals surface area (Å²) >= 11 is 12.0. The Kier molecular flexibility index (Phi) is 7.58. The largest absolute Gasteiger partial charge is 0.355 e. The molecule has 1 heterocycles. The number of likely N-dealkylation sites (tertiary alicyclic amines) is 1. The average molecular weight is 422 g/mol. The molecule has 9 heteroatoms. The Bertz CT molecular complexity index is 735.